The fourth-order valence-electron chi connectivity index (χ4n) is 2.02. The van der Waals surface area contributed by atoms with Crippen LogP contribution in [0.4, 0.5) is 0 Å². The lowest BCUT2D eigenvalue weighted by molar-refractivity contribution is 0.337. The third-order valence-corrected chi connectivity index (χ3v) is 9.05. The van der Waals surface area contributed by atoms with Crippen molar-refractivity contribution in [1.29, 1.82) is 0 Å². The average Bonchev–Trinajstić information content (AvgIpc) is 2.57. The fourth-order valence-corrected chi connectivity index (χ4v) is 3.05. The maximum absolute atomic E-state index is 9.51. The summed E-state index contributed by atoms with van der Waals surface area (Å²) in [6.07, 6.45) is 10.7. The zero-order valence-corrected chi connectivity index (χ0v) is 17.9. The van der Waals surface area contributed by atoms with Crippen LogP contribution in [-0.4, -0.2) is 20.0 Å². The Hall–Kier alpha value is -1.94. The summed E-state index contributed by atoms with van der Waals surface area (Å²) < 4.78 is 6.29. The van der Waals surface area contributed by atoms with Crippen LogP contribution in [0.25, 0.3) is 6.08 Å². The van der Waals surface area contributed by atoms with Crippen molar-refractivity contribution in [2.24, 2.45) is 0 Å². The van der Waals surface area contributed by atoms with Crippen molar-refractivity contribution in [3.63, 3.8) is 0 Å². The van der Waals surface area contributed by atoms with E-state index in [4.69, 9.17) is 10.8 Å². The maximum Gasteiger partial charge on any atom is 0.250 e. The van der Waals surface area contributed by atoms with Gasteiger partial charge < -0.3 is 9.53 Å². The molecule has 1 aromatic carbocycles. The normalized spacial score (nSPS) is 12.1. The van der Waals surface area contributed by atoms with Crippen molar-refractivity contribution in [2.75, 3.05) is 6.61 Å². The topological polar surface area (TPSA) is 29.5 Å². The Morgan fingerprint density at radius 2 is 1.77 bits per heavy atom. The van der Waals surface area contributed by atoms with E-state index in [1.54, 1.807) is 0 Å². The van der Waals surface area contributed by atoms with Gasteiger partial charge in [0.15, 0.2) is 0 Å². The number of hydrogen-bond acceptors (Lipinski definition) is 2. The highest BCUT2D eigenvalue weighted by atomic mass is 28.4. The summed E-state index contributed by atoms with van der Waals surface area (Å²) in [7, 11) is -1.82. The quantitative estimate of drug-likeness (QED) is 0.383. The highest BCUT2D eigenvalue weighted by molar-refractivity contribution is 6.74. The van der Waals surface area contributed by atoms with E-state index in [0.29, 0.717) is 0 Å². The van der Waals surface area contributed by atoms with Crippen molar-refractivity contribution in [3.05, 3.63) is 35.4 Å². The molecule has 0 radical (unpaired) electrons. The van der Waals surface area contributed by atoms with Gasteiger partial charge in [-0.25, -0.2) is 0 Å². The lowest BCUT2D eigenvalue weighted by atomic mass is 10.1. The summed E-state index contributed by atoms with van der Waals surface area (Å²) in [6, 6.07) is 8.00. The van der Waals surface area contributed by atoms with E-state index in [1.807, 2.05) is 30.3 Å². The number of benzene rings is 1. The van der Waals surface area contributed by atoms with Gasteiger partial charge in [-0.05, 0) is 54.7 Å². The highest BCUT2D eigenvalue weighted by Crippen LogP contribution is 2.37. The van der Waals surface area contributed by atoms with Crippen LogP contribution in [0, 0.1) is 24.2 Å². The van der Waals surface area contributed by atoms with Crippen LogP contribution in [0.3, 0.4) is 0 Å². The molecular weight excluding hydrogens is 336 g/mol. The molecule has 1 N–H and O–H groups in total. The second-order valence-electron chi connectivity index (χ2n) is 7.97. The number of terminal acetylenes is 1. The van der Waals surface area contributed by atoms with Gasteiger partial charge in [0.1, 0.15) is 5.75 Å². The Morgan fingerprint density at radius 3 is 2.31 bits per heavy atom. The van der Waals surface area contributed by atoms with Gasteiger partial charge in [-0.1, -0.05) is 44.7 Å². The minimum atomic E-state index is -1.82. The van der Waals surface area contributed by atoms with Crippen LogP contribution < -0.4 is 4.43 Å². The first-order chi connectivity index (χ1) is 12.2. The fraction of sp³-hybridized carbons (Fsp3) is 0.478. The Kier molecular flexibility index (Phi) is 8.72. The maximum atomic E-state index is 9.51. The monoisotopic (exact) mass is 368 g/mol. The third-order valence-electron chi connectivity index (χ3n) is 4.69. The Bertz CT molecular complexity index is 689. The van der Waals surface area contributed by atoms with E-state index in [0.717, 1.165) is 42.6 Å². The van der Waals surface area contributed by atoms with Gasteiger partial charge >= 0.3 is 0 Å². The second-order valence-corrected chi connectivity index (χ2v) is 12.7. The Morgan fingerprint density at radius 1 is 1.15 bits per heavy atom. The molecule has 140 valence electrons. The van der Waals surface area contributed by atoms with E-state index in [9.17, 15) is 5.11 Å². The molecule has 0 aromatic heterocycles. The largest absolute Gasteiger partial charge is 0.544 e. The SMILES string of the molecule is C#CCCCCC#C/C(=C/c1ccc(O[Si](C)(C)C(C)(C)C)cc1)CO. The number of hydrogen-bond donors (Lipinski definition) is 1. The number of rotatable bonds is 7. The summed E-state index contributed by atoms with van der Waals surface area (Å²) in [5.74, 6) is 9.69. The first-order valence-electron chi connectivity index (χ1n) is 9.22. The molecule has 0 amide bonds. The highest BCUT2D eigenvalue weighted by Gasteiger charge is 2.38. The molecule has 0 heterocycles. The molecule has 0 unspecified atom stereocenters. The van der Waals surface area contributed by atoms with Crippen LogP contribution in [-0.2, 0) is 0 Å². The van der Waals surface area contributed by atoms with Crippen molar-refractivity contribution >= 4 is 14.4 Å². The van der Waals surface area contributed by atoms with Gasteiger partial charge in [-0.3, -0.25) is 0 Å². The zero-order valence-electron chi connectivity index (χ0n) is 16.9. The minimum absolute atomic E-state index is 0.0560. The molecule has 0 fully saturated rings. The standard InChI is InChI=1S/C23H32O2Si/c1-7-8-9-10-11-12-13-21(19-24)18-20-14-16-22(17-15-20)25-26(5,6)23(2,3)4/h1,14-18,24H,8-11,19H2,2-6H3/b21-18-. The average molecular weight is 369 g/mol. The first kappa shape index (κ1) is 22.1. The third kappa shape index (κ3) is 7.52. The molecule has 26 heavy (non-hydrogen) atoms. The molecule has 2 nitrogen and oxygen atoms in total. The van der Waals surface area contributed by atoms with Crippen LogP contribution in [0.2, 0.25) is 18.1 Å². The van der Waals surface area contributed by atoms with Gasteiger partial charge in [0, 0.05) is 18.4 Å². The van der Waals surface area contributed by atoms with Crippen LogP contribution in [0.1, 0.15) is 52.0 Å². The van der Waals surface area contributed by atoms with Crippen LogP contribution >= 0.6 is 0 Å². The van der Waals surface area contributed by atoms with E-state index in [2.05, 4.69) is 51.6 Å². The summed E-state index contributed by atoms with van der Waals surface area (Å²) in [5, 5.41) is 9.68. The Balaban J connectivity index is 2.73. The van der Waals surface area contributed by atoms with Crippen molar-refractivity contribution in [2.45, 2.75) is 64.6 Å². The predicted octanol–water partition coefficient (Wildman–Crippen LogP) is 5.64. The van der Waals surface area contributed by atoms with Crippen LogP contribution in [0.5, 0.6) is 5.75 Å². The molecule has 3 heteroatoms. The molecule has 0 aliphatic heterocycles. The van der Waals surface area contributed by atoms with Crippen LogP contribution in [0.15, 0.2) is 29.8 Å². The summed E-state index contributed by atoms with van der Waals surface area (Å²) >= 11 is 0. The molecule has 1 aromatic rings. The van der Waals surface area contributed by atoms with E-state index >= 15 is 0 Å². The number of aliphatic hydroxyl groups excluding tert-OH is 1. The summed E-state index contributed by atoms with van der Waals surface area (Å²) in [4.78, 5) is 0. The van der Waals surface area contributed by atoms with Crippen molar-refractivity contribution < 1.29 is 9.53 Å². The second kappa shape index (κ2) is 10.3. The zero-order chi connectivity index (χ0) is 19.6. The first-order valence-corrected chi connectivity index (χ1v) is 12.1. The smallest absolute Gasteiger partial charge is 0.250 e. The molecule has 1 rings (SSSR count). The van der Waals surface area contributed by atoms with Gasteiger partial charge in [-0.2, -0.15) is 0 Å². The van der Waals surface area contributed by atoms with Gasteiger partial charge in [-0.15, -0.1) is 12.3 Å². The van der Waals surface area contributed by atoms with Gasteiger partial charge in [0.2, 0.25) is 8.32 Å². The number of unbranched alkanes of at least 4 members (excludes halogenated alkanes) is 3. The lowest BCUT2D eigenvalue weighted by Crippen LogP contribution is -2.43. The molecule has 0 saturated heterocycles. The summed E-state index contributed by atoms with van der Waals surface area (Å²) in [5.41, 5.74) is 1.73. The van der Waals surface area contributed by atoms with E-state index in [-0.39, 0.29) is 11.6 Å². The summed E-state index contributed by atoms with van der Waals surface area (Å²) in [6.45, 7) is 11.1. The number of aliphatic hydroxyl groups is 1. The van der Waals surface area contributed by atoms with Gasteiger partial charge in [0.25, 0.3) is 0 Å². The van der Waals surface area contributed by atoms with Crippen molar-refractivity contribution in [3.8, 4) is 29.9 Å². The molecule has 0 aliphatic rings. The predicted molar refractivity (Wildman–Crippen MR) is 114 cm³/mol. The van der Waals surface area contributed by atoms with Gasteiger partial charge in [0.05, 0.1) is 6.61 Å². The Labute approximate surface area is 160 Å². The molecule has 0 saturated carbocycles. The van der Waals surface area contributed by atoms with E-state index in [1.165, 1.54) is 0 Å². The molecule has 0 bridgehead atoms. The molecular formula is C23H32O2Si. The van der Waals surface area contributed by atoms with E-state index < -0.39 is 8.32 Å². The molecule has 0 atom stereocenters. The lowest BCUT2D eigenvalue weighted by Gasteiger charge is -2.36. The molecule has 0 spiro atoms. The molecule has 0 aliphatic carbocycles. The van der Waals surface area contributed by atoms with Crippen molar-refractivity contribution in [1.82, 2.24) is 0 Å². The minimum Gasteiger partial charge on any atom is -0.544 e.